The van der Waals surface area contributed by atoms with Crippen LogP contribution in [0.5, 0.6) is 5.75 Å². The summed E-state index contributed by atoms with van der Waals surface area (Å²) < 4.78 is 7.04. The molecule has 0 aliphatic carbocycles. The lowest BCUT2D eigenvalue weighted by Crippen LogP contribution is -2.34. The summed E-state index contributed by atoms with van der Waals surface area (Å²) in [6.07, 6.45) is 2.09. The molecule has 2 aromatic carbocycles. The first-order valence-electron chi connectivity index (χ1n) is 9.71. The number of ether oxygens (including phenoxy) is 1. The van der Waals surface area contributed by atoms with E-state index < -0.39 is 0 Å². The third kappa shape index (κ3) is 3.74. The summed E-state index contributed by atoms with van der Waals surface area (Å²) in [6.45, 7) is 3.47. The number of hydrogen-bond donors (Lipinski definition) is 0. The minimum atomic E-state index is -0.345. The van der Waals surface area contributed by atoms with E-state index in [2.05, 4.69) is 0 Å². The average Bonchev–Trinajstić information content (AvgIpc) is 3.28. The lowest BCUT2D eigenvalue weighted by atomic mass is 10.2. The smallest absolute Gasteiger partial charge is 0.266 e. The fourth-order valence-corrected chi connectivity index (χ4v) is 4.63. The topological polar surface area (TPSA) is 64.4 Å². The van der Waals surface area contributed by atoms with Crippen LogP contribution >= 0.6 is 11.8 Å². The van der Waals surface area contributed by atoms with E-state index in [0.717, 1.165) is 25.9 Å². The second-order valence-electron chi connectivity index (χ2n) is 7.02. The van der Waals surface area contributed by atoms with Gasteiger partial charge in [0, 0.05) is 13.1 Å². The van der Waals surface area contributed by atoms with Crippen LogP contribution in [-0.4, -0.2) is 45.8 Å². The number of hydrogen-bond acceptors (Lipinski definition) is 5. The number of para-hydroxylation sites is 3. The Bertz CT molecular complexity index is 1110. The number of thioether (sulfide) groups is 1. The van der Waals surface area contributed by atoms with E-state index in [1.54, 1.807) is 17.7 Å². The summed E-state index contributed by atoms with van der Waals surface area (Å²) in [6, 6.07) is 14.6. The van der Waals surface area contributed by atoms with Gasteiger partial charge in [0.2, 0.25) is 5.91 Å². The molecule has 1 aliphatic heterocycles. The van der Waals surface area contributed by atoms with Crippen molar-refractivity contribution in [1.29, 1.82) is 0 Å². The second-order valence-corrected chi connectivity index (χ2v) is 8.32. The number of fused-ring (bicyclic) bond motifs is 1. The Morgan fingerprint density at radius 1 is 1.10 bits per heavy atom. The predicted molar refractivity (Wildman–Crippen MR) is 115 cm³/mol. The Morgan fingerprint density at radius 3 is 2.55 bits per heavy atom. The Labute approximate surface area is 173 Å². The molecule has 1 aromatic heterocycles. The second kappa shape index (κ2) is 8.29. The lowest BCUT2D eigenvalue weighted by molar-refractivity contribution is -0.129. The molecule has 1 aliphatic rings. The lowest BCUT2D eigenvalue weighted by Gasteiger charge is -2.21. The van der Waals surface area contributed by atoms with Gasteiger partial charge in [0.15, 0.2) is 5.16 Å². The van der Waals surface area contributed by atoms with Crippen LogP contribution in [0.4, 0.5) is 0 Å². The summed E-state index contributed by atoms with van der Waals surface area (Å²) in [5, 5.41) is 0.668. The summed E-state index contributed by atoms with van der Waals surface area (Å²) in [4.78, 5) is 32.8. The highest BCUT2D eigenvalue weighted by Crippen LogP contribution is 2.30. The van der Waals surface area contributed by atoms with Gasteiger partial charge in [-0.3, -0.25) is 14.2 Å². The molecule has 0 radical (unpaired) electrons. The van der Waals surface area contributed by atoms with E-state index in [4.69, 9.17) is 9.72 Å². The Morgan fingerprint density at radius 2 is 1.79 bits per heavy atom. The van der Waals surface area contributed by atoms with Crippen LogP contribution < -0.4 is 10.3 Å². The largest absolute Gasteiger partial charge is 0.495 e. The van der Waals surface area contributed by atoms with Gasteiger partial charge in [-0.15, -0.1) is 0 Å². The van der Waals surface area contributed by atoms with Gasteiger partial charge in [-0.2, -0.15) is 0 Å². The van der Waals surface area contributed by atoms with Gasteiger partial charge in [-0.1, -0.05) is 36.0 Å². The van der Waals surface area contributed by atoms with E-state index in [0.29, 0.717) is 27.5 Å². The number of nitrogens with zero attached hydrogens (tertiary/aromatic N) is 3. The number of amides is 1. The minimum absolute atomic E-state index is 0.0847. The molecule has 0 saturated carbocycles. The highest BCUT2D eigenvalue weighted by atomic mass is 32.2. The zero-order valence-corrected chi connectivity index (χ0v) is 17.3. The fourth-order valence-electron chi connectivity index (χ4n) is 3.62. The van der Waals surface area contributed by atoms with E-state index in [1.165, 1.54) is 11.8 Å². The number of rotatable bonds is 5. The molecular formula is C22H23N3O3S. The van der Waals surface area contributed by atoms with Crippen molar-refractivity contribution in [1.82, 2.24) is 14.5 Å². The molecule has 1 amide bonds. The molecule has 0 spiro atoms. The van der Waals surface area contributed by atoms with E-state index in [9.17, 15) is 9.59 Å². The molecule has 1 fully saturated rings. The van der Waals surface area contributed by atoms with Gasteiger partial charge in [-0.25, -0.2) is 4.98 Å². The summed E-state index contributed by atoms with van der Waals surface area (Å²) in [7, 11) is 1.57. The van der Waals surface area contributed by atoms with Crippen LogP contribution in [0.25, 0.3) is 16.6 Å². The molecule has 3 aromatic rings. The number of carbonyl (C=O) groups excluding carboxylic acids is 1. The molecule has 0 bridgehead atoms. The van der Waals surface area contributed by atoms with Crippen LogP contribution in [-0.2, 0) is 4.79 Å². The quantitative estimate of drug-likeness (QED) is 0.477. The first kappa shape index (κ1) is 19.5. The minimum Gasteiger partial charge on any atom is -0.495 e. The number of likely N-dealkylation sites (tertiary alicyclic amines) is 1. The van der Waals surface area contributed by atoms with Crippen LogP contribution in [0.1, 0.15) is 19.8 Å². The Balaban J connectivity index is 1.83. The zero-order chi connectivity index (χ0) is 20.4. The Kier molecular flexibility index (Phi) is 5.58. The molecule has 1 saturated heterocycles. The maximum atomic E-state index is 13.4. The third-order valence-electron chi connectivity index (χ3n) is 5.12. The van der Waals surface area contributed by atoms with Gasteiger partial charge in [0.25, 0.3) is 5.56 Å². The van der Waals surface area contributed by atoms with Crippen molar-refractivity contribution < 1.29 is 9.53 Å². The molecule has 150 valence electrons. The van der Waals surface area contributed by atoms with Crippen LogP contribution in [0.3, 0.4) is 0 Å². The van der Waals surface area contributed by atoms with Crippen molar-refractivity contribution >= 4 is 28.6 Å². The molecule has 2 heterocycles. The number of benzene rings is 2. The van der Waals surface area contributed by atoms with Gasteiger partial charge < -0.3 is 9.64 Å². The first-order valence-corrected chi connectivity index (χ1v) is 10.6. The summed E-state index contributed by atoms with van der Waals surface area (Å²) in [5.74, 6) is 0.661. The fraction of sp³-hybridized carbons (Fsp3) is 0.318. The number of aromatic nitrogens is 2. The zero-order valence-electron chi connectivity index (χ0n) is 16.5. The van der Waals surface area contributed by atoms with Gasteiger partial charge in [-0.05, 0) is 44.0 Å². The number of methoxy groups -OCH3 is 1. The summed E-state index contributed by atoms with van der Waals surface area (Å²) >= 11 is 1.31. The maximum absolute atomic E-state index is 13.4. The molecule has 29 heavy (non-hydrogen) atoms. The maximum Gasteiger partial charge on any atom is 0.266 e. The third-order valence-corrected chi connectivity index (χ3v) is 6.16. The van der Waals surface area contributed by atoms with E-state index in [1.807, 2.05) is 54.3 Å². The molecule has 0 unspecified atom stereocenters. The normalized spacial score (nSPS) is 14.9. The predicted octanol–water partition coefficient (Wildman–Crippen LogP) is 3.50. The van der Waals surface area contributed by atoms with Crippen molar-refractivity contribution in [3.8, 4) is 11.4 Å². The molecular weight excluding hydrogens is 386 g/mol. The Hall–Kier alpha value is -2.80. The van der Waals surface area contributed by atoms with Crippen LogP contribution in [0.15, 0.2) is 58.5 Å². The highest BCUT2D eigenvalue weighted by Gasteiger charge is 2.26. The van der Waals surface area contributed by atoms with E-state index in [-0.39, 0.29) is 16.7 Å². The van der Waals surface area contributed by atoms with Gasteiger partial charge in [0.1, 0.15) is 5.75 Å². The highest BCUT2D eigenvalue weighted by molar-refractivity contribution is 8.00. The van der Waals surface area contributed by atoms with E-state index >= 15 is 0 Å². The van der Waals surface area contributed by atoms with Crippen molar-refractivity contribution in [2.75, 3.05) is 20.2 Å². The van der Waals surface area contributed by atoms with Crippen LogP contribution in [0, 0.1) is 0 Å². The molecule has 1 atom stereocenters. The summed E-state index contributed by atoms with van der Waals surface area (Å²) in [5.41, 5.74) is 1.05. The molecule has 6 nitrogen and oxygen atoms in total. The number of carbonyl (C=O) groups is 1. The van der Waals surface area contributed by atoms with Crippen molar-refractivity contribution in [3.63, 3.8) is 0 Å². The monoisotopic (exact) mass is 409 g/mol. The van der Waals surface area contributed by atoms with Crippen LogP contribution in [0.2, 0.25) is 0 Å². The van der Waals surface area contributed by atoms with Crippen molar-refractivity contribution in [2.45, 2.75) is 30.2 Å². The molecule has 7 heteroatoms. The van der Waals surface area contributed by atoms with Crippen molar-refractivity contribution in [3.05, 3.63) is 58.9 Å². The van der Waals surface area contributed by atoms with Crippen molar-refractivity contribution in [2.24, 2.45) is 0 Å². The average molecular weight is 410 g/mol. The first-order chi connectivity index (χ1) is 14.1. The molecule has 4 rings (SSSR count). The SMILES string of the molecule is COc1ccccc1-n1c(S[C@@H](C)C(=O)N2CCCC2)nc2ccccc2c1=O. The van der Waals surface area contributed by atoms with Gasteiger partial charge >= 0.3 is 0 Å². The molecule has 0 N–H and O–H groups in total. The standard InChI is InChI=1S/C22H23N3O3S/c1-15(20(26)24-13-7-8-14-24)29-22-23-17-10-4-3-9-16(17)21(27)25(22)18-11-5-6-12-19(18)28-2/h3-6,9-12,15H,7-8,13-14H2,1-2H3/t15-/m0/s1. The van der Waals surface area contributed by atoms with Gasteiger partial charge in [0.05, 0.1) is 29.0 Å².